The molecule has 1 heterocycles. The Morgan fingerprint density at radius 3 is 2.52 bits per heavy atom. The van der Waals surface area contributed by atoms with Crippen LogP contribution in [0.3, 0.4) is 0 Å². The molecule has 3 aromatic rings. The van der Waals surface area contributed by atoms with Gasteiger partial charge in [0.2, 0.25) is 0 Å². The molecule has 1 aromatic heterocycles. The van der Waals surface area contributed by atoms with Crippen molar-refractivity contribution in [1.82, 2.24) is 4.98 Å². The number of ether oxygens (including phenoxy) is 1. The molecule has 0 aliphatic carbocycles. The van der Waals surface area contributed by atoms with Crippen LogP contribution >= 0.6 is 11.6 Å². The number of nitrogens with one attached hydrogen (secondary N) is 1. The summed E-state index contributed by atoms with van der Waals surface area (Å²) in [6, 6.07) is 18.5. The van der Waals surface area contributed by atoms with E-state index in [0.29, 0.717) is 28.7 Å². The van der Waals surface area contributed by atoms with Crippen molar-refractivity contribution in [3.05, 3.63) is 77.4 Å². The first-order chi connectivity index (χ1) is 13.1. The molecule has 0 aliphatic heterocycles. The maximum absolute atomic E-state index is 12.8. The minimum absolute atomic E-state index is 0.0877. The van der Waals surface area contributed by atoms with Crippen molar-refractivity contribution in [3.8, 4) is 5.75 Å². The molecule has 0 unspecified atom stereocenters. The normalized spacial score (nSPS) is 10.3. The maximum atomic E-state index is 12.8. The average Bonchev–Trinajstić information content (AvgIpc) is 2.70. The van der Waals surface area contributed by atoms with Gasteiger partial charge in [-0.05, 0) is 49.4 Å². The molecule has 1 amide bonds. The minimum Gasteiger partial charge on any atom is -0.495 e. The van der Waals surface area contributed by atoms with Crippen LogP contribution in [0.1, 0.15) is 17.3 Å². The third kappa shape index (κ3) is 4.38. The second-order valence-electron chi connectivity index (χ2n) is 5.79. The molecule has 0 saturated heterocycles. The van der Waals surface area contributed by atoms with Gasteiger partial charge in [0.1, 0.15) is 11.6 Å². The Morgan fingerprint density at radius 1 is 1.15 bits per heavy atom. The fraction of sp³-hybridized carbons (Fsp3) is 0.143. The number of carbonyl (C=O) groups is 1. The zero-order valence-corrected chi connectivity index (χ0v) is 15.9. The van der Waals surface area contributed by atoms with E-state index in [1.165, 1.54) is 0 Å². The predicted molar refractivity (Wildman–Crippen MR) is 109 cm³/mol. The van der Waals surface area contributed by atoms with Gasteiger partial charge in [-0.3, -0.25) is 4.79 Å². The zero-order valence-electron chi connectivity index (χ0n) is 15.1. The molecule has 0 atom stereocenters. The fourth-order valence-electron chi connectivity index (χ4n) is 2.69. The Balaban J connectivity index is 1.74. The lowest BCUT2D eigenvalue weighted by Gasteiger charge is -2.21. The lowest BCUT2D eigenvalue weighted by molar-refractivity contribution is 0.0988. The van der Waals surface area contributed by atoms with Gasteiger partial charge in [-0.25, -0.2) is 4.98 Å². The first kappa shape index (κ1) is 18.7. The average molecular weight is 382 g/mol. The number of benzene rings is 2. The standard InChI is InChI=1S/C21H20ClN3O2/c1-3-25(17-7-5-4-6-8-17)21(26)15-9-12-20(23-14-15)24-16-10-11-19(27-2)18(22)13-16/h4-14H,3H2,1-2H3,(H,23,24). The highest BCUT2D eigenvalue weighted by Gasteiger charge is 2.16. The molecule has 0 bridgehead atoms. The summed E-state index contributed by atoms with van der Waals surface area (Å²) in [6.45, 7) is 2.52. The van der Waals surface area contributed by atoms with Crippen molar-refractivity contribution in [2.75, 3.05) is 23.9 Å². The van der Waals surface area contributed by atoms with E-state index in [-0.39, 0.29) is 5.91 Å². The third-order valence-corrected chi connectivity index (χ3v) is 4.36. The Kier molecular flexibility index (Phi) is 5.94. The molecule has 0 fully saturated rings. The monoisotopic (exact) mass is 381 g/mol. The van der Waals surface area contributed by atoms with E-state index >= 15 is 0 Å². The van der Waals surface area contributed by atoms with Gasteiger partial charge >= 0.3 is 0 Å². The summed E-state index contributed by atoms with van der Waals surface area (Å²) in [4.78, 5) is 18.9. The Labute approximate surface area is 163 Å². The van der Waals surface area contributed by atoms with E-state index in [0.717, 1.165) is 11.4 Å². The van der Waals surface area contributed by atoms with Crippen molar-refractivity contribution in [1.29, 1.82) is 0 Å². The fourth-order valence-corrected chi connectivity index (χ4v) is 2.95. The first-order valence-corrected chi connectivity index (χ1v) is 8.93. The summed E-state index contributed by atoms with van der Waals surface area (Å²) in [5.41, 5.74) is 2.17. The van der Waals surface area contributed by atoms with Crippen LogP contribution in [0.15, 0.2) is 66.9 Å². The summed E-state index contributed by atoms with van der Waals surface area (Å²) in [7, 11) is 1.57. The number of carbonyl (C=O) groups excluding carboxylic acids is 1. The topological polar surface area (TPSA) is 54.5 Å². The van der Waals surface area contributed by atoms with Crippen LogP contribution in [0.5, 0.6) is 5.75 Å². The van der Waals surface area contributed by atoms with Crippen LogP contribution in [0.25, 0.3) is 0 Å². The van der Waals surface area contributed by atoms with Crippen LogP contribution in [-0.2, 0) is 0 Å². The van der Waals surface area contributed by atoms with E-state index in [2.05, 4.69) is 10.3 Å². The van der Waals surface area contributed by atoms with E-state index < -0.39 is 0 Å². The van der Waals surface area contributed by atoms with Crippen LogP contribution in [0, 0.1) is 0 Å². The van der Waals surface area contributed by atoms with Crippen LogP contribution < -0.4 is 15.0 Å². The largest absolute Gasteiger partial charge is 0.495 e. The molecular formula is C21H20ClN3O2. The predicted octanol–water partition coefficient (Wildman–Crippen LogP) is 5.15. The highest BCUT2D eigenvalue weighted by atomic mass is 35.5. The number of nitrogens with zero attached hydrogens (tertiary/aromatic N) is 2. The van der Waals surface area contributed by atoms with Gasteiger partial charge in [0.25, 0.3) is 5.91 Å². The number of aromatic nitrogens is 1. The summed E-state index contributed by atoms with van der Waals surface area (Å²) in [6.07, 6.45) is 1.57. The van der Waals surface area contributed by atoms with Crippen molar-refractivity contribution < 1.29 is 9.53 Å². The molecule has 0 spiro atoms. The van der Waals surface area contributed by atoms with Gasteiger partial charge in [0.05, 0.1) is 17.7 Å². The highest BCUT2D eigenvalue weighted by molar-refractivity contribution is 6.32. The second-order valence-corrected chi connectivity index (χ2v) is 6.20. The molecule has 2 aromatic carbocycles. The number of pyridine rings is 1. The van der Waals surface area contributed by atoms with Gasteiger partial charge in [0.15, 0.2) is 0 Å². The number of methoxy groups -OCH3 is 1. The van der Waals surface area contributed by atoms with Crippen LogP contribution in [-0.4, -0.2) is 24.5 Å². The number of para-hydroxylation sites is 1. The van der Waals surface area contributed by atoms with Crippen molar-refractivity contribution >= 4 is 34.7 Å². The number of hydrogen-bond donors (Lipinski definition) is 1. The van der Waals surface area contributed by atoms with E-state index in [1.54, 1.807) is 42.5 Å². The number of anilines is 3. The molecule has 0 radical (unpaired) electrons. The minimum atomic E-state index is -0.0877. The van der Waals surface area contributed by atoms with Crippen molar-refractivity contribution in [2.45, 2.75) is 6.92 Å². The van der Waals surface area contributed by atoms with Gasteiger partial charge in [0, 0.05) is 24.1 Å². The SMILES string of the molecule is CCN(C(=O)c1ccc(Nc2ccc(OC)c(Cl)c2)nc1)c1ccccc1. The zero-order chi connectivity index (χ0) is 19.2. The Bertz CT molecular complexity index is 914. The summed E-state index contributed by atoms with van der Waals surface area (Å²) in [5, 5.41) is 3.67. The number of rotatable bonds is 6. The lowest BCUT2D eigenvalue weighted by atomic mass is 10.2. The highest BCUT2D eigenvalue weighted by Crippen LogP contribution is 2.28. The lowest BCUT2D eigenvalue weighted by Crippen LogP contribution is -2.30. The second kappa shape index (κ2) is 8.56. The molecule has 0 saturated carbocycles. The Morgan fingerprint density at radius 2 is 1.93 bits per heavy atom. The quantitative estimate of drug-likeness (QED) is 0.641. The van der Waals surface area contributed by atoms with Crippen molar-refractivity contribution in [3.63, 3.8) is 0 Å². The van der Waals surface area contributed by atoms with E-state index in [1.807, 2.05) is 43.3 Å². The van der Waals surface area contributed by atoms with Crippen LogP contribution in [0.4, 0.5) is 17.2 Å². The van der Waals surface area contributed by atoms with Gasteiger partial charge in [-0.15, -0.1) is 0 Å². The van der Waals surface area contributed by atoms with Gasteiger partial charge in [-0.2, -0.15) is 0 Å². The molecule has 138 valence electrons. The smallest absolute Gasteiger partial charge is 0.259 e. The van der Waals surface area contributed by atoms with Crippen LogP contribution in [0.2, 0.25) is 5.02 Å². The summed E-state index contributed by atoms with van der Waals surface area (Å²) < 4.78 is 5.14. The third-order valence-electron chi connectivity index (χ3n) is 4.06. The van der Waals surface area contributed by atoms with Crippen molar-refractivity contribution in [2.24, 2.45) is 0 Å². The molecular weight excluding hydrogens is 362 g/mol. The number of hydrogen-bond acceptors (Lipinski definition) is 4. The maximum Gasteiger partial charge on any atom is 0.259 e. The first-order valence-electron chi connectivity index (χ1n) is 8.56. The van der Waals surface area contributed by atoms with Gasteiger partial charge in [-0.1, -0.05) is 29.8 Å². The Hall–Kier alpha value is -3.05. The summed E-state index contributed by atoms with van der Waals surface area (Å²) >= 11 is 6.14. The summed E-state index contributed by atoms with van der Waals surface area (Å²) in [5.74, 6) is 1.14. The molecule has 1 N–H and O–H groups in total. The molecule has 27 heavy (non-hydrogen) atoms. The van der Waals surface area contributed by atoms with Gasteiger partial charge < -0.3 is 15.0 Å². The number of amides is 1. The van der Waals surface area contributed by atoms with E-state index in [9.17, 15) is 4.79 Å². The number of halogens is 1. The van der Waals surface area contributed by atoms with E-state index in [4.69, 9.17) is 16.3 Å². The molecule has 0 aliphatic rings. The molecule has 3 rings (SSSR count). The molecule has 5 nitrogen and oxygen atoms in total. The molecule has 6 heteroatoms.